The predicted molar refractivity (Wildman–Crippen MR) is 97.6 cm³/mol. The van der Waals surface area contributed by atoms with Gasteiger partial charge in [0, 0.05) is 19.6 Å². The Labute approximate surface area is 155 Å². The van der Waals surface area contributed by atoms with E-state index in [9.17, 15) is 13.2 Å². The quantitative estimate of drug-likeness (QED) is 0.468. The average molecular weight is 384 g/mol. The van der Waals surface area contributed by atoms with Crippen LogP contribution in [0.5, 0.6) is 0 Å². The van der Waals surface area contributed by atoms with E-state index in [0.717, 1.165) is 25.0 Å². The topological polar surface area (TPSA) is 95.0 Å². The number of aromatic nitrogens is 3. The van der Waals surface area contributed by atoms with Gasteiger partial charge < -0.3 is 21.1 Å². The standard InChI is InChI=1S/C17H23F3N6O/c1-2-3-7-21-14-24-15(22-8-9-27)26-16(25-14)23-11-12-5-4-6-13(10-12)17(18,19)20/h4-6,10,27H,2-3,7-9,11H2,1H3,(H3,21,22,23,24,25,26). The van der Waals surface area contributed by atoms with Crippen molar-refractivity contribution in [1.29, 1.82) is 0 Å². The lowest BCUT2D eigenvalue weighted by Gasteiger charge is -2.12. The summed E-state index contributed by atoms with van der Waals surface area (Å²) in [5, 5.41) is 17.8. The summed E-state index contributed by atoms with van der Waals surface area (Å²) in [5.74, 6) is 0.844. The maximum atomic E-state index is 12.8. The summed E-state index contributed by atoms with van der Waals surface area (Å²) in [7, 11) is 0. The second kappa shape index (κ2) is 9.91. The molecule has 0 aliphatic heterocycles. The highest BCUT2D eigenvalue weighted by Gasteiger charge is 2.30. The molecule has 0 saturated heterocycles. The molecule has 1 heterocycles. The summed E-state index contributed by atoms with van der Waals surface area (Å²) >= 11 is 0. The Morgan fingerprint density at radius 1 is 0.963 bits per heavy atom. The lowest BCUT2D eigenvalue weighted by Crippen LogP contribution is -2.15. The molecule has 0 aliphatic rings. The molecule has 0 bridgehead atoms. The number of hydrogen-bond acceptors (Lipinski definition) is 7. The van der Waals surface area contributed by atoms with Crippen molar-refractivity contribution >= 4 is 17.8 Å². The first-order chi connectivity index (χ1) is 12.9. The van der Waals surface area contributed by atoms with E-state index in [1.165, 1.54) is 6.07 Å². The third-order valence-electron chi connectivity index (χ3n) is 3.55. The Morgan fingerprint density at radius 2 is 1.59 bits per heavy atom. The van der Waals surface area contributed by atoms with Crippen LogP contribution in [0.3, 0.4) is 0 Å². The zero-order valence-corrected chi connectivity index (χ0v) is 15.0. The number of unbranched alkanes of at least 4 members (excludes halogenated alkanes) is 1. The number of rotatable bonds is 10. The maximum absolute atomic E-state index is 12.8. The van der Waals surface area contributed by atoms with E-state index in [-0.39, 0.29) is 31.6 Å². The first-order valence-electron chi connectivity index (χ1n) is 8.67. The van der Waals surface area contributed by atoms with E-state index in [2.05, 4.69) is 37.8 Å². The van der Waals surface area contributed by atoms with Crippen LogP contribution in [0.4, 0.5) is 31.0 Å². The molecule has 27 heavy (non-hydrogen) atoms. The number of nitrogens with one attached hydrogen (secondary N) is 3. The number of halogens is 3. The van der Waals surface area contributed by atoms with E-state index < -0.39 is 11.7 Å². The molecule has 1 aromatic carbocycles. The van der Waals surface area contributed by atoms with Crippen molar-refractivity contribution in [2.24, 2.45) is 0 Å². The molecule has 10 heteroatoms. The average Bonchev–Trinajstić information content (AvgIpc) is 2.64. The summed E-state index contributed by atoms with van der Waals surface area (Å²) in [6.45, 7) is 3.06. The van der Waals surface area contributed by atoms with E-state index in [1.807, 2.05) is 0 Å². The normalized spacial score (nSPS) is 11.3. The zero-order valence-electron chi connectivity index (χ0n) is 15.0. The molecule has 0 atom stereocenters. The van der Waals surface area contributed by atoms with Crippen LogP contribution in [-0.2, 0) is 12.7 Å². The van der Waals surface area contributed by atoms with Crippen molar-refractivity contribution < 1.29 is 18.3 Å². The second-order valence-electron chi connectivity index (χ2n) is 5.79. The highest BCUT2D eigenvalue weighted by atomic mass is 19.4. The molecule has 4 N–H and O–H groups in total. The number of hydrogen-bond donors (Lipinski definition) is 4. The van der Waals surface area contributed by atoms with Crippen molar-refractivity contribution in [1.82, 2.24) is 15.0 Å². The van der Waals surface area contributed by atoms with Gasteiger partial charge in [-0.15, -0.1) is 0 Å². The van der Waals surface area contributed by atoms with E-state index >= 15 is 0 Å². The second-order valence-corrected chi connectivity index (χ2v) is 5.79. The summed E-state index contributed by atoms with van der Waals surface area (Å²) in [6, 6.07) is 5.06. The first kappa shape index (κ1) is 20.7. The number of alkyl halides is 3. The van der Waals surface area contributed by atoms with E-state index in [1.54, 1.807) is 6.07 Å². The zero-order chi connectivity index (χ0) is 19.7. The van der Waals surface area contributed by atoms with Gasteiger partial charge in [-0.25, -0.2) is 0 Å². The monoisotopic (exact) mass is 384 g/mol. The fourth-order valence-corrected chi connectivity index (χ4v) is 2.20. The molecule has 7 nitrogen and oxygen atoms in total. The first-order valence-corrected chi connectivity index (χ1v) is 8.67. The minimum atomic E-state index is -4.39. The molecule has 0 radical (unpaired) electrons. The Bertz CT molecular complexity index is 726. The number of benzene rings is 1. The third kappa shape index (κ3) is 6.89. The van der Waals surface area contributed by atoms with Gasteiger partial charge in [-0.3, -0.25) is 0 Å². The van der Waals surface area contributed by atoms with Gasteiger partial charge in [0.1, 0.15) is 0 Å². The lowest BCUT2D eigenvalue weighted by atomic mass is 10.1. The molecule has 0 amide bonds. The van der Waals surface area contributed by atoms with Crippen LogP contribution in [-0.4, -0.2) is 39.8 Å². The Balaban J connectivity index is 2.10. The number of aliphatic hydroxyl groups excluding tert-OH is 1. The molecule has 0 saturated carbocycles. The van der Waals surface area contributed by atoms with E-state index in [4.69, 9.17) is 5.11 Å². The fourth-order valence-electron chi connectivity index (χ4n) is 2.20. The molecule has 0 spiro atoms. The van der Waals surface area contributed by atoms with Gasteiger partial charge >= 0.3 is 6.18 Å². The Kier molecular flexibility index (Phi) is 7.59. The van der Waals surface area contributed by atoms with Crippen molar-refractivity contribution in [2.45, 2.75) is 32.5 Å². The van der Waals surface area contributed by atoms with Gasteiger partial charge in [0.05, 0.1) is 12.2 Å². The third-order valence-corrected chi connectivity index (χ3v) is 3.55. The van der Waals surface area contributed by atoms with Gasteiger partial charge in [0.25, 0.3) is 0 Å². The molecular formula is C17H23F3N6O. The largest absolute Gasteiger partial charge is 0.416 e. The molecule has 148 valence electrons. The van der Waals surface area contributed by atoms with Crippen LogP contribution in [0.1, 0.15) is 30.9 Å². The van der Waals surface area contributed by atoms with Crippen molar-refractivity contribution in [3.05, 3.63) is 35.4 Å². The molecule has 0 fully saturated rings. The maximum Gasteiger partial charge on any atom is 0.416 e. The van der Waals surface area contributed by atoms with E-state index in [0.29, 0.717) is 18.1 Å². The number of anilines is 3. The van der Waals surface area contributed by atoms with Crippen LogP contribution in [0.25, 0.3) is 0 Å². The minimum absolute atomic E-state index is 0.0860. The van der Waals surface area contributed by atoms with Crippen LogP contribution < -0.4 is 16.0 Å². The molecule has 1 aromatic heterocycles. The number of nitrogens with zero attached hydrogens (tertiary/aromatic N) is 3. The highest BCUT2D eigenvalue weighted by molar-refractivity contribution is 5.42. The van der Waals surface area contributed by atoms with Gasteiger partial charge in [0.2, 0.25) is 17.8 Å². The van der Waals surface area contributed by atoms with Crippen LogP contribution in [0.15, 0.2) is 24.3 Å². The van der Waals surface area contributed by atoms with Gasteiger partial charge in [-0.05, 0) is 24.1 Å². The molecule has 2 rings (SSSR count). The summed E-state index contributed by atoms with van der Waals surface area (Å²) in [4.78, 5) is 12.6. The summed E-state index contributed by atoms with van der Waals surface area (Å²) in [5.41, 5.74) is -0.250. The van der Waals surface area contributed by atoms with Crippen molar-refractivity contribution in [3.8, 4) is 0 Å². The molecule has 2 aromatic rings. The van der Waals surface area contributed by atoms with Crippen LogP contribution in [0, 0.1) is 0 Å². The van der Waals surface area contributed by atoms with Crippen molar-refractivity contribution in [3.63, 3.8) is 0 Å². The molecule has 0 unspecified atom stereocenters. The predicted octanol–water partition coefficient (Wildman–Crippen LogP) is 3.12. The SMILES string of the molecule is CCCCNc1nc(NCCO)nc(NCc2cccc(C(F)(F)F)c2)n1. The number of aliphatic hydroxyl groups is 1. The fraction of sp³-hybridized carbons (Fsp3) is 0.471. The Morgan fingerprint density at radius 3 is 2.19 bits per heavy atom. The van der Waals surface area contributed by atoms with Gasteiger partial charge in [-0.2, -0.15) is 28.1 Å². The van der Waals surface area contributed by atoms with Crippen molar-refractivity contribution in [2.75, 3.05) is 35.6 Å². The Hall–Kier alpha value is -2.62. The minimum Gasteiger partial charge on any atom is -0.395 e. The molecule has 0 aliphatic carbocycles. The highest BCUT2D eigenvalue weighted by Crippen LogP contribution is 2.29. The lowest BCUT2D eigenvalue weighted by molar-refractivity contribution is -0.137. The molecular weight excluding hydrogens is 361 g/mol. The van der Waals surface area contributed by atoms with Crippen LogP contribution >= 0.6 is 0 Å². The summed E-state index contributed by atoms with van der Waals surface area (Å²) < 4.78 is 38.4. The summed E-state index contributed by atoms with van der Waals surface area (Å²) in [6.07, 6.45) is -2.44. The smallest absolute Gasteiger partial charge is 0.395 e. The van der Waals surface area contributed by atoms with Crippen LogP contribution in [0.2, 0.25) is 0 Å². The van der Waals surface area contributed by atoms with Gasteiger partial charge in [0.15, 0.2) is 0 Å². The van der Waals surface area contributed by atoms with Gasteiger partial charge in [-0.1, -0.05) is 25.5 Å².